The summed E-state index contributed by atoms with van der Waals surface area (Å²) in [6, 6.07) is 0. The molecule has 1 aromatic heterocycles. The molecular weight excluding hydrogens is 184 g/mol. The van der Waals surface area contributed by atoms with Gasteiger partial charge in [0, 0.05) is 0 Å². The van der Waals surface area contributed by atoms with Crippen LogP contribution in [0.2, 0.25) is 0 Å². The van der Waals surface area contributed by atoms with Crippen LogP contribution in [0.5, 0.6) is 0 Å². The minimum atomic E-state index is 0.449. The van der Waals surface area contributed by atoms with Crippen LogP contribution in [0.15, 0.2) is 10.6 Å². The highest BCUT2D eigenvalue weighted by molar-refractivity contribution is 7.99. The third-order valence-corrected chi connectivity index (χ3v) is 3.59. The first kappa shape index (κ1) is 9.09. The standard InChI is InChI=1S/C9H14N2OS/c10-5-7-6-11-9(12-7)8-3-1-2-4-13-8/h6,8H,1-5,10H2. The van der Waals surface area contributed by atoms with Crippen molar-refractivity contribution in [2.75, 3.05) is 5.75 Å². The van der Waals surface area contributed by atoms with Crippen molar-refractivity contribution in [2.45, 2.75) is 31.1 Å². The first-order chi connectivity index (χ1) is 6.40. The van der Waals surface area contributed by atoms with E-state index in [0.29, 0.717) is 11.8 Å². The van der Waals surface area contributed by atoms with Crippen LogP contribution in [-0.2, 0) is 6.54 Å². The van der Waals surface area contributed by atoms with Gasteiger partial charge in [0.05, 0.1) is 18.0 Å². The second kappa shape index (κ2) is 4.15. The first-order valence-corrected chi connectivity index (χ1v) is 5.71. The quantitative estimate of drug-likeness (QED) is 0.790. The van der Waals surface area contributed by atoms with Gasteiger partial charge in [0.2, 0.25) is 5.89 Å². The molecular formula is C9H14N2OS. The zero-order valence-electron chi connectivity index (χ0n) is 7.53. The Kier molecular flexibility index (Phi) is 2.90. The van der Waals surface area contributed by atoms with Gasteiger partial charge in [-0.3, -0.25) is 0 Å². The van der Waals surface area contributed by atoms with Crippen molar-refractivity contribution in [2.24, 2.45) is 5.73 Å². The Bertz CT molecular complexity index is 268. The van der Waals surface area contributed by atoms with E-state index in [1.165, 1.54) is 25.0 Å². The zero-order chi connectivity index (χ0) is 9.10. The molecule has 1 aliphatic rings. The summed E-state index contributed by atoms with van der Waals surface area (Å²) in [6.45, 7) is 0.449. The van der Waals surface area contributed by atoms with Gasteiger partial charge in [-0.25, -0.2) is 4.98 Å². The van der Waals surface area contributed by atoms with E-state index in [9.17, 15) is 0 Å². The number of hydrogen-bond donors (Lipinski definition) is 1. The van der Waals surface area contributed by atoms with Gasteiger partial charge in [-0.2, -0.15) is 0 Å². The van der Waals surface area contributed by atoms with Gasteiger partial charge in [0.25, 0.3) is 0 Å². The van der Waals surface area contributed by atoms with E-state index >= 15 is 0 Å². The van der Waals surface area contributed by atoms with Gasteiger partial charge in [0.1, 0.15) is 5.76 Å². The third-order valence-electron chi connectivity index (χ3n) is 2.23. The van der Waals surface area contributed by atoms with Crippen LogP contribution in [0, 0.1) is 0 Å². The molecule has 0 amide bonds. The van der Waals surface area contributed by atoms with E-state index in [1.54, 1.807) is 6.20 Å². The predicted octanol–water partition coefficient (Wildman–Crippen LogP) is 2.09. The Hall–Kier alpha value is -0.480. The summed E-state index contributed by atoms with van der Waals surface area (Å²) in [4.78, 5) is 4.24. The fraction of sp³-hybridized carbons (Fsp3) is 0.667. The van der Waals surface area contributed by atoms with Crippen LogP contribution in [0.1, 0.15) is 36.2 Å². The Morgan fingerprint density at radius 2 is 2.54 bits per heavy atom. The molecule has 0 spiro atoms. The predicted molar refractivity (Wildman–Crippen MR) is 53.4 cm³/mol. The number of aromatic nitrogens is 1. The Morgan fingerprint density at radius 1 is 1.62 bits per heavy atom. The maximum absolute atomic E-state index is 5.52. The minimum absolute atomic E-state index is 0.449. The molecule has 1 atom stereocenters. The first-order valence-electron chi connectivity index (χ1n) is 4.66. The molecule has 1 saturated heterocycles. The van der Waals surface area contributed by atoms with E-state index in [2.05, 4.69) is 4.98 Å². The van der Waals surface area contributed by atoms with Crippen LogP contribution in [0.25, 0.3) is 0 Å². The Balaban J connectivity index is 2.05. The summed E-state index contributed by atoms with van der Waals surface area (Å²) in [5, 5.41) is 0.467. The van der Waals surface area contributed by atoms with E-state index < -0.39 is 0 Å². The maximum Gasteiger partial charge on any atom is 0.207 e. The zero-order valence-corrected chi connectivity index (χ0v) is 8.35. The molecule has 2 N–H and O–H groups in total. The summed E-state index contributed by atoms with van der Waals surface area (Å²) in [7, 11) is 0. The number of thioether (sulfide) groups is 1. The average Bonchev–Trinajstić information content (AvgIpc) is 2.67. The molecule has 2 rings (SSSR count). The van der Waals surface area contributed by atoms with Crippen LogP contribution in [-0.4, -0.2) is 10.7 Å². The largest absolute Gasteiger partial charge is 0.443 e. The number of hydrogen-bond acceptors (Lipinski definition) is 4. The van der Waals surface area contributed by atoms with Gasteiger partial charge in [-0.05, 0) is 18.6 Å². The van der Waals surface area contributed by atoms with Gasteiger partial charge < -0.3 is 10.2 Å². The fourth-order valence-electron chi connectivity index (χ4n) is 1.50. The van der Waals surface area contributed by atoms with Crippen molar-refractivity contribution < 1.29 is 4.42 Å². The smallest absolute Gasteiger partial charge is 0.207 e. The molecule has 1 aromatic rings. The lowest BCUT2D eigenvalue weighted by molar-refractivity contribution is 0.441. The minimum Gasteiger partial charge on any atom is -0.443 e. The molecule has 0 radical (unpaired) electrons. The molecule has 1 aliphatic heterocycles. The lowest BCUT2D eigenvalue weighted by Crippen LogP contribution is -2.02. The molecule has 3 nitrogen and oxygen atoms in total. The van der Waals surface area contributed by atoms with Gasteiger partial charge in [-0.15, -0.1) is 11.8 Å². The summed E-state index contributed by atoms with van der Waals surface area (Å²) < 4.78 is 5.52. The van der Waals surface area contributed by atoms with Crippen LogP contribution >= 0.6 is 11.8 Å². The highest BCUT2D eigenvalue weighted by Crippen LogP contribution is 2.37. The lowest BCUT2D eigenvalue weighted by atomic mass is 10.2. The van der Waals surface area contributed by atoms with Crippen molar-refractivity contribution in [3.63, 3.8) is 0 Å². The molecule has 2 heterocycles. The molecule has 4 heteroatoms. The molecule has 1 unspecified atom stereocenters. The van der Waals surface area contributed by atoms with E-state index in [1.807, 2.05) is 11.8 Å². The van der Waals surface area contributed by atoms with Crippen LogP contribution in [0.3, 0.4) is 0 Å². The highest BCUT2D eigenvalue weighted by Gasteiger charge is 2.20. The Morgan fingerprint density at radius 3 is 3.15 bits per heavy atom. The normalized spacial score (nSPS) is 23.3. The molecule has 0 saturated carbocycles. The van der Waals surface area contributed by atoms with Gasteiger partial charge >= 0.3 is 0 Å². The molecule has 1 fully saturated rings. The maximum atomic E-state index is 5.52. The van der Waals surface area contributed by atoms with E-state index in [4.69, 9.17) is 10.2 Å². The van der Waals surface area contributed by atoms with Crippen molar-refractivity contribution in [3.8, 4) is 0 Å². The second-order valence-corrected chi connectivity index (χ2v) is 4.53. The van der Waals surface area contributed by atoms with E-state index in [0.717, 1.165) is 11.7 Å². The lowest BCUT2D eigenvalue weighted by Gasteiger charge is -2.17. The third kappa shape index (κ3) is 2.06. The molecule has 0 aliphatic carbocycles. The monoisotopic (exact) mass is 198 g/mol. The van der Waals surface area contributed by atoms with Gasteiger partial charge in [0.15, 0.2) is 0 Å². The SMILES string of the molecule is NCc1cnc(C2CCCCS2)o1. The van der Waals surface area contributed by atoms with Gasteiger partial charge in [-0.1, -0.05) is 6.42 Å². The summed E-state index contributed by atoms with van der Waals surface area (Å²) in [6.07, 6.45) is 5.54. The van der Waals surface area contributed by atoms with E-state index in [-0.39, 0.29) is 0 Å². The number of nitrogens with zero attached hydrogens (tertiary/aromatic N) is 1. The molecule has 72 valence electrons. The summed E-state index contributed by atoms with van der Waals surface area (Å²) in [5.41, 5.74) is 5.45. The van der Waals surface area contributed by atoms with Crippen molar-refractivity contribution in [1.82, 2.24) is 4.98 Å². The van der Waals surface area contributed by atoms with Crippen molar-refractivity contribution in [1.29, 1.82) is 0 Å². The fourth-order valence-corrected chi connectivity index (χ4v) is 2.74. The highest BCUT2D eigenvalue weighted by atomic mass is 32.2. The van der Waals surface area contributed by atoms with Crippen LogP contribution in [0.4, 0.5) is 0 Å². The van der Waals surface area contributed by atoms with Crippen molar-refractivity contribution >= 4 is 11.8 Å². The topological polar surface area (TPSA) is 52.0 Å². The number of rotatable bonds is 2. The Labute approximate surface area is 82.1 Å². The number of oxazole rings is 1. The molecule has 0 aromatic carbocycles. The average molecular weight is 198 g/mol. The molecule has 13 heavy (non-hydrogen) atoms. The molecule has 0 bridgehead atoms. The summed E-state index contributed by atoms with van der Waals surface area (Å²) >= 11 is 1.94. The summed E-state index contributed by atoms with van der Waals surface area (Å²) in [5.74, 6) is 2.89. The number of nitrogens with two attached hydrogens (primary N) is 1. The van der Waals surface area contributed by atoms with Crippen LogP contribution < -0.4 is 5.73 Å². The van der Waals surface area contributed by atoms with Crippen molar-refractivity contribution in [3.05, 3.63) is 17.8 Å². The second-order valence-electron chi connectivity index (χ2n) is 3.22.